The molecule has 5 heteroatoms. The molecule has 4 nitrogen and oxygen atoms in total. The minimum absolute atomic E-state index is 0.174. The van der Waals surface area contributed by atoms with Gasteiger partial charge in [0.25, 0.3) is 0 Å². The molecule has 20 heavy (non-hydrogen) atoms. The molecule has 0 saturated carbocycles. The molecule has 2 aliphatic heterocycles. The predicted octanol–water partition coefficient (Wildman–Crippen LogP) is 2.45. The van der Waals surface area contributed by atoms with Crippen molar-refractivity contribution in [3.63, 3.8) is 0 Å². The lowest BCUT2D eigenvalue weighted by molar-refractivity contribution is -0.0828. The molecule has 3 rings (SSSR count). The first-order valence-corrected chi connectivity index (χ1v) is 6.89. The van der Waals surface area contributed by atoms with Gasteiger partial charge in [-0.2, -0.15) is 5.26 Å². The van der Waals surface area contributed by atoms with Crippen LogP contribution in [-0.2, 0) is 9.47 Å². The number of anilines is 1. The zero-order chi connectivity index (χ0) is 14.0. The molecule has 2 aliphatic rings. The Morgan fingerprint density at radius 1 is 1.40 bits per heavy atom. The smallest absolute Gasteiger partial charge is 0.147 e. The third-order valence-electron chi connectivity index (χ3n) is 4.02. The van der Waals surface area contributed by atoms with E-state index in [-0.39, 0.29) is 17.5 Å². The number of ether oxygens (including phenoxy) is 2. The van der Waals surface area contributed by atoms with Gasteiger partial charge in [-0.3, -0.25) is 0 Å². The second kappa shape index (κ2) is 5.39. The summed E-state index contributed by atoms with van der Waals surface area (Å²) in [7, 11) is 0. The zero-order valence-electron chi connectivity index (χ0n) is 11.2. The van der Waals surface area contributed by atoms with Crippen LogP contribution >= 0.6 is 0 Å². The molecule has 0 aromatic heterocycles. The molecule has 106 valence electrons. The molecule has 1 aromatic rings. The summed E-state index contributed by atoms with van der Waals surface area (Å²) in [6, 6.07) is 6.62. The number of nitriles is 1. The van der Waals surface area contributed by atoms with Crippen LogP contribution in [0.15, 0.2) is 18.2 Å². The van der Waals surface area contributed by atoms with Gasteiger partial charge in [0, 0.05) is 25.7 Å². The van der Waals surface area contributed by atoms with Crippen LogP contribution in [0.2, 0.25) is 0 Å². The summed E-state index contributed by atoms with van der Waals surface area (Å²) < 4.78 is 25.2. The van der Waals surface area contributed by atoms with Gasteiger partial charge >= 0.3 is 0 Å². The molecule has 2 atom stereocenters. The van der Waals surface area contributed by atoms with Gasteiger partial charge in [0.05, 0.1) is 29.5 Å². The minimum Gasteiger partial charge on any atom is -0.380 e. The van der Waals surface area contributed by atoms with Gasteiger partial charge in [-0.15, -0.1) is 0 Å². The first-order chi connectivity index (χ1) is 9.71. The molecule has 1 N–H and O–H groups in total. The standard InChI is InChI=1S/C15H17FN2O2/c16-13-7-11(9-17)1-2-14(13)18-12-3-5-20-15(8-12)4-6-19-10-15/h1-2,7,12,18H,3-6,8,10H2. The summed E-state index contributed by atoms with van der Waals surface area (Å²) in [6.07, 6.45) is 2.58. The SMILES string of the molecule is N#Cc1ccc(NC2CCOC3(CCOC3)C2)c(F)c1. The van der Waals surface area contributed by atoms with Crippen molar-refractivity contribution in [1.29, 1.82) is 5.26 Å². The van der Waals surface area contributed by atoms with Crippen LogP contribution in [0.5, 0.6) is 0 Å². The Morgan fingerprint density at radius 3 is 3.00 bits per heavy atom. The predicted molar refractivity (Wildman–Crippen MR) is 71.9 cm³/mol. The molecular formula is C15H17FN2O2. The van der Waals surface area contributed by atoms with Gasteiger partial charge < -0.3 is 14.8 Å². The van der Waals surface area contributed by atoms with E-state index >= 15 is 0 Å². The maximum absolute atomic E-state index is 13.9. The Morgan fingerprint density at radius 2 is 2.30 bits per heavy atom. The third-order valence-corrected chi connectivity index (χ3v) is 4.02. The quantitative estimate of drug-likeness (QED) is 0.901. The summed E-state index contributed by atoms with van der Waals surface area (Å²) in [6.45, 7) is 2.03. The van der Waals surface area contributed by atoms with Crippen LogP contribution in [-0.4, -0.2) is 31.5 Å². The molecule has 0 amide bonds. The van der Waals surface area contributed by atoms with Crippen LogP contribution in [0.25, 0.3) is 0 Å². The average molecular weight is 276 g/mol. The molecule has 1 spiro atoms. The highest BCUT2D eigenvalue weighted by atomic mass is 19.1. The van der Waals surface area contributed by atoms with E-state index in [1.54, 1.807) is 12.1 Å². The van der Waals surface area contributed by atoms with E-state index in [1.807, 2.05) is 6.07 Å². The third kappa shape index (κ3) is 2.62. The van der Waals surface area contributed by atoms with Crippen molar-refractivity contribution in [3.05, 3.63) is 29.6 Å². The van der Waals surface area contributed by atoms with Crippen molar-refractivity contribution >= 4 is 5.69 Å². The monoisotopic (exact) mass is 276 g/mol. The number of nitrogens with zero attached hydrogens (tertiary/aromatic N) is 1. The normalized spacial score (nSPS) is 29.3. The summed E-state index contributed by atoms with van der Waals surface area (Å²) in [5, 5.41) is 12.0. The van der Waals surface area contributed by atoms with Gasteiger partial charge in [-0.1, -0.05) is 0 Å². The number of benzene rings is 1. The van der Waals surface area contributed by atoms with Crippen molar-refractivity contribution in [2.45, 2.75) is 30.9 Å². The lowest BCUT2D eigenvalue weighted by atomic mass is 9.89. The van der Waals surface area contributed by atoms with E-state index in [0.29, 0.717) is 24.5 Å². The van der Waals surface area contributed by atoms with E-state index < -0.39 is 0 Å². The van der Waals surface area contributed by atoms with Crippen LogP contribution in [0.3, 0.4) is 0 Å². The molecule has 2 unspecified atom stereocenters. The van der Waals surface area contributed by atoms with Gasteiger partial charge in [-0.05, 0) is 31.0 Å². The van der Waals surface area contributed by atoms with E-state index in [9.17, 15) is 4.39 Å². The van der Waals surface area contributed by atoms with Crippen molar-refractivity contribution < 1.29 is 13.9 Å². The molecule has 0 radical (unpaired) electrons. The highest BCUT2D eigenvalue weighted by Crippen LogP contribution is 2.34. The van der Waals surface area contributed by atoms with Gasteiger partial charge in [0.2, 0.25) is 0 Å². The summed E-state index contributed by atoms with van der Waals surface area (Å²) >= 11 is 0. The number of hydrogen-bond acceptors (Lipinski definition) is 4. The number of halogens is 1. The first-order valence-electron chi connectivity index (χ1n) is 6.89. The second-order valence-electron chi connectivity index (χ2n) is 5.47. The van der Waals surface area contributed by atoms with E-state index in [4.69, 9.17) is 14.7 Å². The van der Waals surface area contributed by atoms with Crippen molar-refractivity contribution in [3.8, 4) is 6.07 Å². The Bertz CT molecular complexity index is 535. The zero-order valence-corrected chi connectivity index (χ0v) is 11.2. The lowest BCUT2D eigenvalue weighted by Gasteiger charge is -2.37. The first kappa shape index (κ1) is 13.3. The highest BCUT2D eigenvalue weighted by molar-refractivity contribution is 5.49. The number of hydrogen-bond donors (Lipinski definition) is 1. The molecule has 2 fully saturated rings. The number of nitrogens with one attached hydrogen (secondary N) is 1. The van der Waals surface area contributed by atoms with Crippen molar-refractivity contribution in [2.24, 2.45) is 0 Å². The fraction of sp³-hybridized carbons (Fsp3) is 0.533. The Balaban J connectivity index is 1.70. The van der Waals surface area contributed by atoms with Gasteiger partial charge in [0.1, 0.15) is 5.82 Å². The summed E-state index contributed by atoms with van der Waals surface area (Å²) in [5.41, 5.74) is 0.588. The molecule has 0 bridgehead atoms. The van der Waals surface area contributed by atoms with Crippen molar-refractivity contribution in [1.82, 2.24) is 0 Å². The van der Waals surface area contributed by atoms with Gasteiger partial charge in [0.15, 0.2) is 0 Å². The molecule has 0 aliphatic carbocycles. The van der Waals surface area contributed by atoms with Crippen LogP contribution < -0.4 is 5.32 Å². The fourth-order valence-electron chi connectivity index (χ4n) is 2.94. The Kier molecular flexibility index (Phi) is 3.60. The summed E-state index contributed by atoms with van der Waals surface area (Å²) in [4.78, 5) is 0. The number of rotatable bonds is 2. The van der Waals surface area contributed by atoms with Crippen LogP contribution in [0.1, 0.15) is 24.8 Å². The molecule has 2 heterocycles. The van der Waals surface area contributed by atoms with E-state index in [2.05, 4.69) is 5.32 Å². The average Bonchev–Trinajstić information content (AvgIpc) is 2.89. The van der Waals surface area contributed by atoms with Crippen molar-refractivity contribution in [2.75, 3.05) is 25.1 Å². The minimum atomic E-state index is -0.382. The van der Waals surface area contributed by atoms with Gasteiger partial charge in [-0.25, -0.2) is 4.39 Å². The maximum atomic E-state index is 13.9. The highest BCUT2D eigenvalue weighted by Gasteiger charge is 2.41. The van der Waals surface area contributed by atoms with Crippen LogP contribution in [0, 0.1) is 17.1 Å². The molecule has 1 aromatic carbocycles. The maximum Gasteiger partial charge on any atom is 0.147 e. The fourth-order valence-corrected chi connectivity index (χ4v) is 2.94. The van der Waals surface area contributed by atoms with E-state index in [0.717, 1.165) is 25.9 Å². The second-order valence-corrected chi connectivity index (χ2v) is 5.47. The van der Waals surface area contributed by atoms with Crippen LogP contribution in [0.4, 0.5) is 10.1 Å². The Labute approximate surface area is 117 Å². The lowest BCUT2D eigenvalue weighted by Crippen LogP contribution is -2.45. The molecule has 2 saturated heterocycles. The largest absolute Gasteiger partial charge is 0.380 e. The van der Waals surface area contributed by atoms with E-state index in [1.165, 1.54) is 6.07 Å². The summed E-state index contributed by atoms with van der Waals surface area (Å²) in [5.74, 6) is -0.382. The topological polar surface area (TPSA) is 54.3 Å². The molecular weight excluding hydrogens is 259 g/mol. The Hall–Kier alpha value is -1.64.